The summed E-state index contributed by atoms with van der Waals surface area (Å²) in [5.41, 5.74) is 0.642. The molecule has 0 heterocycles. The molecule has 28 heavy (non-hydrogen) atoms. The van der Waals surface area contributed by atoms with Gasteiger partial charge in [0.25, 0.3) is 5.91 Å². The molecule has 0 unspecified atom stereocenters. The van der Waals surface area contributed by atoms with Crippen molar-refractivity contribution in [2.75, 3.05) is 11.9 Å². The van der Waals surface area contributed by atoms with E-state index in [-0.39, 0.29) is 12.4 Å². The fourth-order valence-corrected chi connectivity index (χ4v) is 3.70. The molecule has 3 aromatic carbocycles. The van der Waals surface area contributed by atoms with E-state index in [0.29, 0.717) is 18.5 Å². The zero-order valence-electron chi connectivity index (χ0n) is 15.3. The van der Waals surface area contributed by atoms with Crippen LogP contribution in [0.25, 0.3) is 10.8 Å². The maximum absolute atomic E-state index is 13.2. The molecule has 0 aromatic heterocycles. The SMILES string of the molecule is O=C(COC(=O)C1(c2ccc(F)cc2)CCC1)Nc1cccc2ccccc12. The molecule has 0 spiro atoms. The van der Waals surface area contributed by atoms with E-state index in [0.717, 1.165) is 22.8 Å². The molecule has 1 fully saturated rings. The minimum absolute atomic E-state index is 0.346. The van der Waals surface area contributed by atoms with E-state index in [2.05, 4.69) is 5.32 Å². The topological polar surface area (TPSA) is 55.4 Å². The van der Waals surface area contributed by atoms with Crippen molar-refractivity contribution in [2.45, 2.75) is 24.7 Å². The summed E-state index contributed by atoms with van der Waals surface area (Å²) in [6.07, 6.45) is 2.18. The molecule has 142 valence electrons. The molecule has 1 saturated carbocycles. The van der Waals surface area contributed by atoms with Gasteiger partial charge in [-0.1, -0.05) is 55.0 Å². The first-order valence-electron chi connectivity index (χ1n) is 9.29. The lowest BCUT2D eigenvalue weighted by atomic mass is 9.64. The summed E-state index contributed by atoms with van der Waals surface area (Å²) in [4.78, 5) is 25.0. The van der Waals surface area contributed by atoms with Crippen LogP contribution in [0.1, 0.15) is 24.8 Å². The first kappa shape index (κ1) is 18.2. The third kappa shape index (κ3) is 3.36. The molecule has 0 saturated heterocycles. The Morgan fingerprint density at radius 2 is 1.68 bits per heavy atom. The molecule has 3 aromatic rings. The Bertz CT molecular complexity index is 1020. The van der Waals surface area contributed by atoms with E-state index in [9.17, 15) is 14.0 Å². The van der Waals surface area contributed by atoms with Crippen LogP contribution in [-0.2, 0) is 19.7 Å². The molecular weight excluding hydrogens is 357 g/mol. The number of amides is 1. The van der Waals surface area contributed by atoms with E-state index in [1.165, 1.54) is 12.1 Å². The Morgan fingerprint density at radius 3 is 2.39 bits per heavy atom. The van der Waals surface area contributed by atoms with Gasteiger partial charge in [-0.2, -0.15) is 0 Å². The Kier molecular flexibility index (Phi) is 4.82. The van der Waals surface area contributed by atoms with Gasteiger partial charge in [-0.15, -0.1) is 0 Å². The monoisotopic (exact) mass is 377 g/mol. The molecule has 1 amide bonds. The van der Waals surface area contributed by atoms with Crippen LogP contribution in [0.3, 0.4) is 0 Å². The highest BCUT2D eigenvalue weighted by Crippen LogP contribution is 2.44. The number of ether oxygens (including phenoxy) is 1. The average Bonchev–Trinajstić information content (AvgIpc) is 2.67. The summed E-state index contributed by atoms with van der Waals surface area (Å²) in [5.74, 6) is -1.17. The summed E-state index contributed by atoms with van der Waals surface area (Å²) in [7, 11) is 0. The second-order valence-corrected chi connectivity index (χ2v) is 7.09. The van der Waals surface area contributed by atoms with Gasteiger partial charge in [0.15, 0.2) is 6.61 Å². The largest absolute Gasteiger partial charge is 0.455 e. The molecular formula is C23H20FNO3. The lowest BCUT2D eigenvalue weighted by Crippen LogP contribution is -2.44. The molecule has 1 aliphatic carbocycles. The van der Waals surface area contributed by atoms with Gasteiger partial charge in [0, 0.05) is 11.1 Å². The highest BCUT2D eigenvalue weighted by molar-refractivity contribution is 6.03. The number of rotatable bonds is 5. The highest BCUT2D eigenvalue weighted by Gasteiger charge is 2.47. The number of hydrogen-bond donors (Lipinski definition) is 1. The lowest BCUT2D eigenvalue weighted by Gasteiger charge is -2.39. The molecule has 0 bridgehead atoms. The van der Waals surface area contributed by atoms with Crippen LogP contribution in [-0.4, -0.2) is 18.5 Å². The van der Waals surface area contributed by atoms with E-state index in [1.807, 2.05) is 42.5 Å². The summed E-state index contributed by atoms with van der Waals surface area (Å²) < 4.78 is 18.5. The van der Waals surface area contributed by atoms with Crippen molar-refractivity contribution in [1.29, 1.82) is 0 Å². The Balaban J connectivity index is 1.43. The van der Waals surface area contributed by atoms with Crippen LogP contribution in [0.15, 0.2) is 66.7 Å². The molecule has 5 heteroatoms. The maximum Gasteiger partial charge on any atom is 0.317 e. The number of halogens is 1. The van der Waals surface area contributed by atoms with Crippen molar-refractivity contribution in [3.63, 3.8) is 0 Å². The summed E-state index contributed by atoms with van der Waals surface area (Å²) >= 11 is 0. The third-order valence-electron chi connectivity index (χ3n) is 5.39. The highest BCUT2D eigenvalue weighted by atomic mass is 19.1. The van der Waals surface area contributed by atoms with Gasteiger partial charge in [0.2, 0.25) is 0 Å². The van der Waals surface area contributed by atoms with Gasteiger partial charge < -0.3 is 10.1 Å². The van der Waals surface area contributed by atoms with E-state index in [4.69, 9.17) is 4.74 Å². The standard InChI is InChI=1S/C23H20FNO3/c24-18-11-9-17(10-12-18)23(13-4-14-23)22(27)28-15-21(26)25-20-8-3-6-16-5-1-2-7-19(16)20/h1-3,5-12H,4,13-15H2,(H,25,26). The van der Waals surface area contributed by atoms with Crippen molar-refractivity contribution in [1.82, 2.24) is 0 Å². The quantitative estimate of drug-likeness (QED) is 0.662. The zero-order chi connectivity index (χ0) is 19.6. The van der Waals surface area contributed by atoms with Gasteiger partial charge in [-0.3, -0.25) is 9.59 Å². The fourth-order valence-electron chi connectivity index (χ4n) is 3.70. The Labute approximate surface area is 162 Å². The van der Waals surface area contributed by atoms with E-state index in [1.54, 1.807) is 12.1 Å². The number of anilines is 1. The lowest BCUT2D eigenvalue weighted by molar-refractivity contribution is -0.156. The van der Waals surface area contributed by atoms with Gasteiger partial charge in [0.1, 0.15) is 5.82 Å². The summed E-state index contributed by atoms with van der Waals surface area (Å²) in [6, 6.07) is 19.3. The van der Waals surface area contributed by atoms with Crippen molar-refractivity contribution >= 4 is 28.3 Å². The fraction of sp³-hybridized carbons (Fsp3) is 0.217. The number of esters is 1. The van der Waals surface area contributed by atoms with E-state index < -0.39 is 17.3 Å². The van der Waals surface area contributed by atoms with Crippen molar-refractivity contribution in [3.05, 3.63) is 78.1 Å². The molecule has 0 aliphatic heterocycles. The number of hydrogen-bond acceptors (Lipinski definition) is 3. The number of fused-ring (bicyclic) bond motifs is 1. The van der Waals surface area contributed by atoms with Gasteiger partial charge >= 0.3 is 5.97 Å². The number of nitrogens with one attached hydrogen (secondary N) is 1. The molecule has 1 N–H and O–H groups in total. The van der Waals surface area contributed by atoms with Crippen LogP contribution in [0.2, 0.25) is 0 Å². The van der Waals surface area contributed by atoms with Gasteiger partial charge in [-0.25, -0.2) is 4.39 Å². The molecule has 0 atom stereocenters. The predicted molar refractivity (Wildman–Crippen MR) is 105 cm³/mol. The van der Waals surface area contributed by atoms with Crippen LogP contribution >= 0.6 is 0 Å². The molecule has 1 aliphatic rings. The number of carbonyl (C=O) groups is 2. The zero-order valence-corrected chi connectivity index (χ0v) is 15.3. The van der Waals surface area contributed by atoms with Crippen molar-refractivity contribution in [2.24, 2.45) is 0 Å². The average molecular weight is 377 g/mol. The van der Waals surface area contributed by atoms with Gasteiger partial charge in [0.05, 0.1) is 5.41 Å². The van der Waals surface area contributed by atoms with Crippen molar-refractivity contribution < 1.29 is 18.7 Å². The summed E-state index contributed by atoms with van der Waals surface area (Å²) in [6.45, 7) is -0.356. The molecule has 4 nitrogen and oxygen atoms in total. The minimum atomic E-state index is -0.770. The second-order valence-electron chi connectivity index (χ2n) is 7.09. The maximum atomic E-state index is 13.2. The Morgan fingerprint density at radius 1 is 0.964 bits per heavy atom. The molecule has 0 radical (unpaired) electrons. The van der Waals surface area contributed by atoms with Crippen LogP contribution in [0, 0.1) is 5.82 Å². The normalized spacial score (nSPS) is 14.9. The third-order valence-corrected chi connectivity index (χ3v) is 5.39. The first-order chi connectivity index (χ1) is 13.6. The number of carbonyl (C=O) groups excluding carboxylic acids is 2. The van der Waals surface area contributed by atoms with E-state index >= 15 is 0 Å². The Hall–Kier alpha value is -3.21. The minimum Gasteiger partial charge on any atom is -0.455 e. The smallest absolute Gasteiger partial charge is 0.317 e. The summed E-state index contributed by atoms with van der Waals surface area (Å²) in [5, 5.41) is 4.75. The number of benzene rings is 3. The van der Waals surface area contributed by atoms with Crippen molar-refractivity contribution in [3.8, 4) is 0 Å². The van der Waals surface area contributed by atoms with Crippen LogP contribution in [0.5, 0.6) is 0 Å². The second kappa shape index (κ2) is 7.43. The van der Waals surface area contributed by atoms with Gasteiger partial charge in [-0.05, 0) is 42.0 Å². The van der Waals surface area contributed by atoms with Crippen LogP contribution in [0.4, 0.5) is 10.1 Å². The predicted octanol–water partition coefficient (Wildman–Crippen LogP) is 4.58. The first-order valence-corrected chi connectivity index (χ1v) is 9.29. The van der Waals surface area contributed by atoms with Crippen LogP contribution < -0.4 is 5.32 Å². The molecule has 4 rings (SSSR count).